The van der Waals surface area contributed by atoms with Crippen LogP contribution in [0.1, 0.15) is 68.0 Å². The first kappa shape index (κ1) is 14.5. The van der Waals surface area contributed by atoms with Gasteiger partial charge in [-0.3, -0.25) is 4.90 Å². The van der Waals surface area contributed by atoms with E-state index in [0.717, 1.165) is 17.3 Å². The van der Waals surface area contributed by atoms with Gasteiger partial charge in [0.2, 0.25) is 0 Å². The van der Waals surface area contributed by atoms with Crippen molar-refractivity contribution in [3.05, 3.63) is 15.6 Å². The van der Waals surface area contributed by atoms with Gasteiger partial charge in [-0.2, -0.15) is 0 Å². The zero-order valence-corrected chi connectivity index (χ0v) is 13.7. The predicted molar refractivity (Wildman–Crippen MR) is 83.0 cm³/mol. The molecule has 1 saturated carbocycles. The lowest BCUT2D eigenvalue weighted by Gasteiger charge is -2.29. The second-order valence-corrected chi connectivity index (χ2v) is 8.20. The van der Waals surface area contributed by atoms with Crippen LogP contribution in [-0.2, 0) is 12.1 Å². The third-order valence-electron chi connectivity index (χ3n) is 4.45. The van der Waals surface area contributed by atoms with Gasteiger partial charge < -0.3 is 5.11 Å². The van der Waals surface area contributed by atoms with Gasteiger partial charge in [0, 0.05) is 5.92 Å². The van der Waals surface area contributed by atoms with Gasteiger partial charge in [-0.25, -0.2) is 4.98 Å². The SMILES string of the molecule is CC1CCN(Cc2nc(C3CC3)c(C(C)(C)O)s2)CC1. The van der Waals surface area contributed by atoms with Crippen molar-refractivity contribution in [1.82, 2.24) is 9.88 Å². The number of rotatable bonds is 4. The molecule has 20 heavy (non-hydrogen) atoms. The molecule has 2 heterocycles. The highest BCUT2D eigenvalue weighted by atomic mass is 32.1. The van der Waals surface area contributed by atoms with Crippen molar-refractivity contribution < 1.29 is 5.11 Å². The molecule has 0 radical (unpaired) electrons. The zero-order valence-electron chi connectivity index (χ0n) is 12.9. The molecule has 112 valence electrons. The first-order chi connectivity index (χ1) is 9.43. The molecular formula is C16H26N2OS. The summed E-state index contributed by atoms with van der Waals surface area (Å²) in [5, 5.41) is 11.6. The largest absolute Gasteiger partial charge is 0.385 e. The summed E-state index contributed by atoms with van der Waals surface area (Å²) >= 11 is 1.73. The van der Waals surface area contributed by atoms with E-state index in [0.29, 0.717) is 5.92 Å². The lowest BCUT2D eigenvalue weighted by molar-refractivity contribution is 0.0813. The summed E-state index contributed by atoms with van der Waals surface area (Å²) in [5.41, 5.74) is 0.437. The van der Waals surface area contributed by atoms with Crippen molar-refractivity contribution >= 4 is 11.3 Å². The lowest BCUT2D eigenvalue weighted by Crippen LogP contribution is -2.32. The van der Waals surface area contributed by atoms with Gasteiger partial charge in [-0.05, 0) is 58.5 Å². The molecule has 1 saturated heterocycles. The summed E-state index contributed by atoms with van der Waals surface area (Å²) < 4.78 is 0. The maximum absolute atomic E-state index is 10.4. The number of nitrogens with zero attached hydrogens (tertiary/aromatic N) is 2. The van der Waals surface area contributed by atoms with Crippen molar-refractivity contribution in [3.63, 3.8) is 0 Å². The van der Waals surface area contributed by atoms with E-state index < -0.39 is 5.60 Å². The maximum atomic E-state index is 10.4. The molecule has 0 atom stereocenters. The van der Waals surface area contributed by atoms with Crippen LogP contribution in [0, 0.1) is 5.92 Å². The number of thiazole rings is 1. The fourth-order valence-electron chi connectivity index (χ4n) is 2.93. The third kappa shape index (κ3) is 3.23. The Kier molecular flexibility index (Phi) is 3.91. The van der Waals surface area contributed by atoms with E-state index >= 15 is 0 Å². The average molecular weight is 294 g/mol. The lowest BCUT2D eigenvalue weighted by atomic mass is 9.99. The third-order valence-corrected chi connectivity index (χ3v) is 5.82. The fourth-order valence-corrected chi connectivity index (χ4v) is 4.12. The van der Waals surface area contributed by atoms with Crippen molar-refractivity contribution in [3.8, 4) is 0 Å². The highest BCUT2D eigenvalue weighted by molar-refractivity contribution is 7.11. The van der Waals surface area contributed by atoms with Gasteiger partial charge in [0.25, 0.3) is 0 Å². The normalized spacial score (nSPS) is 22.4. The summed E-state index contributed by atoms with van der Waals surface area (Å²) in [6, 6.07) is 0. The van der Waals surface area contributed by atoms with Crippen molar-refractivity contribution in [2.45, 2.75) is 64.5 Å². The fraction of sp³-hybridized carbons (Fsp3) is 0.812. The summed E-state index contributed by atoms with van der Waals surface area (Å²) in [7, 11) is 0. The minimum atomic E-state index is -0.746. The summed E-state index contributed by atoms with van der Waals surface area (Å²) in [6.45, 7) is 9.47. The van der Waals surface area contributed by atoms with E-state index in [9.17, 15) is 5.11 Å². The molecular weight excluding hydrogens is 268 g/mol. The zero-order chi connectivity index (χ0) is 14.3. The van der Waals surface area contributed by atoms with Crippen molar-refractivity contribution in [2.24, 2.45) is 5.92 Å². The molecule has 3 rings (SSSR count). The van der Waals surface area contributed by atoms with Gasteiger partial charge in [0.15, 0.2) is 0 Å². The molecule has 2 fully saturated rings. The Hall–Kier alpha value is -0.450. The van der Waals surface area contributed by atoms with Crippen LogP contribution in [-0.4, -0.2) is 28.1 Å². The molecule has 1 aliphatic heterocycles. The summed E-state index contributed by atoms with van der Waals surface area (Å²) in [4.78, 5) is 8.48. The Morgan fingerprint density at radius 3 is 2.45 bits per heavy atom. The highest BCUT2D eigenvalue weighted by Gasteiger charge is 2.34. The Labute approximate surface area is 126 Å². The molecule has 1 N–H and O–H groups in total. The van der Waals surface area contributed by atoms with Crippen LogP contribution in [0.25, 0.3) is 0 Å². The van der Waals surface area contributed by atoms with E-state index in [1.54, 1.807) is 11.3 Å². The number of piperidine rings is 1. The monoisotopic (exact) mass is 294 g/mol. The Morgan fingerprint density at radius 1 is 1.25 bits per heavy atom. The number of likely N-dealkylation sites (tertiary alicyclic amines) is 1. The standard InChI is InChI=1S/C16H26N2OS/c1-11-6-8-18(9-7-11)10-13-17-14(12-4-5-12)15(20-13)16(2,3)19/h11-12,19H,4-10H2,1-3H3. The molecule has 2 aliphatic rings. The van der Waals surface area contributed by atoms with Crippen LogP contribution in [0.2, 0.25) is 0 Å². The molecule has 1 aliphatic carbocycles. The molecule has 0 aromatic carbocycles. The molecule has 1 aromatic rings. The molecule has 0 unspecified atom stereocenters. The van der Waals surface area contributed by atoms with E-state index in [4.69, 9.17) is 4.98 Å². The molecule has 3 nitrogen and oxygen atoms in total. The minimum absolute atomic E-state index is 0.614. The summed E-state index contributed by atoms with van der Waals surface area (Å²) in [6.07, 6.45) is 5.10. The number of hydrogen-bond acceptors (Lipinski definition) is 4. The van der Waals surface area contributed by atoms with Crippen LogP contribution in [0.5, 0.6) is 0 Å². The van der Waals surface area contributed by atoms with Gasteiger partial charge in [0.1, 0.15) is 5.01 Å². The van der Waals surface area contributed by atoms with Gasteiger partial charge in [-0.15, -0.1) is 11.3 Å². The summed E-state index contributed by atoms with van der Waals surface area (Å²) in [5.74, 6) is 1.49. The van der Waals surface area contributed by atoms with E-state index in [1.807, 2.05) is 13.8 Å². The van der Waals surface area contributed by atoms with Crippen molar-refractivity contribution in [2.75, 3.05) is 13.1 Å². The number of aliphatic hydroxyl groups is 1. The molecule has 0 amide bonds. The average Bonchev–Trinajstić information content (AvgIpc) is 3.12. The molecule has 1 aromatic heterocycles. The smallest absolute Gasteiger partial charge is 0.107 e. The van der Waals surface area contributed by atoms with Gasteiger partial charge in [-0.1, -0.05) is 6.92 Å². The van der Waals surface area contributed by atoms with Crippen LogP contribution >= 0.6 is 11.3 Å². The Bertz CT molecular complexity index is 465. The van der Waals surface area contributed by atoms with Crippen molar-refractivity contribution in [1.29, 1.82) is 0 Å². The molecule has 0 bridgehead atoms. The topological polar surface area (TPSA) is 36.4 Å². The van der Waals surface area contributed by atoms with Crippen LogP contribution in [0.4, 0.5) is 0 Å². The minimum Gasteiger partial charge on any atom is -0.385 e. The molecule has 0 spiro atoms. The van der Waals surface area contributed by atoms with E-state index in [2.05, 4.69) is 11.8 Å². The predicted octanol–water partition coefficient (Wildman–Crippen LogP) is 3.48. The van der Waals surface area contributed by atoms with Crippen LogP contribution in [0.15, 0.2) is 0 Å². The van der Waals surface area contributed by atoms with Gasteiger partial charge in [0.05, 0.1) is 22.7 Å². The second-order valence-electron chi connectivity index (χ2n) is 7.11. The van der Waals surface area contributed by atoms with Gasteiger partial charge >= 0.3 is 0 Å². The first-order valence-corrected chi connectivity index (χ1v) is 8.70. The molecule has 4 heteroatoms. The van der Waals surface area contributed by atoms with Crippen LogP contribution < -0.4 is 0 Å². The number of hydrogen-bond donors (Lipinski definition) is 1. The maximum Gasteiger partial charge on any atom is 0.107 e. The Balaban J connectivity index is 1.73. The highest BCUT2D eigenvalue weighted by Crippen LogP contribution is 2.45. The second kappa shape index (κ2) is 5.39. The Morgan fingerprint density at radius 2 is 1.90 bits per heavy atom. The van der Waals surface area contributed by atoms with E-state index in [1.165, 1.54) is 49.5 Å². The quantitative estimate of drug-likeness (QED) is 0.923. The first-order valence-electron chi connectivity index (χ1n) is 7.88. The number of aromatic nitrogens is 1. The van der Waals surface area contributed by atoms with Crippen LogP contribution in [0.3, 0.4) is 0 Å². The van der Waals surface area contributed by atoms with E-state index in [-0.39, 0.29) is 0 Å².